The van der Waals surface area contributed by atoms with Gasteiger partial charge in [0.15, 0.2) is 0 Å². The van der Waals surface area contributed by atoms with Crippen LogP contribution in [0.2, 0.25) is 0 Å². The first-order valence-electron chi connectivity index (χ1n) is 14.2. The molecule has 2 aromatic rings. The molecule has 3 saturated carbocycles. The van der Waals surface area contributed by atoms with Crippen LogP contribution < -0.4 is 10.6 Å². The van der Waals surface area contributed by atoms with Crippen molar-refractivity contribution in [1.29, 1.82) is 0 Å². The van der Waals surface area contributed by atoms with Gasteiger partial charge in [-0.05, 0) is 95.8 Å². The molecule has 7 atom stereocenters. The lowest BCUT2D eigenvalue weighted by atomic mass is 9.47. The predicted molar refractivity (Wildman–Crippen MR) is 141 cm³/mol. The van der Waals surface area contributed by atoms with Gasteiger partial charge in [-0.15, -0.1) is 0 Å². The normalized spacial score (nSPS) is 38.7. The molecule has 7 rings (SSSR count). The van der Waals surface area contributed by atoms with E-state index in [4.69, 9.17) is 0 Å². The minimum absolute atomic E-state index is 0.0518. The monoisotopic (exact) mass is 482 g/mol. The number of fused-ring (bicyclic) bond motifs is 8. The molecule has 4 aliphatic carbocycles. The Hall–Kier alpha value is -2.62. The van der Waals surface area contributed by atoms with Gasteiger partial charge in [-0.1, -0.05) is 62.4 Å². The highest BCUT2D eigenvalue weighted by molar-refractivity contribution is 5.85. The van der Waals surface area contributed by atoms with Crippen LogP contribution in [0.4, 0.5) is 0 Å². The van der Waals surface area contributed by atoms with Crippen molar-refractivity contribution in [3.8, 4) is 11.1 Å². The highest BCUT2D eigenvalue weighted by Gasteiger charge is 2.61. The first-order valence-corrected chi connectivity index (χ1v) is 14.2. The van der Waals surface area contributed by atoms with Gasteiger partial charge in [-0.25, -0.2) is 0 Å². The zero-order valence-corrected chi connectivity index (χ0v) is 21.6. The Kier molecular flexibility index (Phi) is 4.98. The first kappa shape index (κ1) is 22.6. The highest BCUT2D eigenvalue weighted by atomic mass is 16.2. The van der Waals surface area contributed by atoms with Crippen LogP contribution in [0.25, 0.3) is 11.1 Å². The van der Waals surface area contributed by atoms with E-state index >= 15 is 0 Å². The number of carbonyl (C=O) groups is 2. The predicted octanol–water partition coefficient (Wildman–Crippen LogP) is 6.01. The van der Waals surface area contributed by atoms with Crippen LogP contribution in [0, 0.1) is 34.5 Å². The molecule has 2 aromatic carbocycles. The summed E-state index contributed by atoms with van der Waals surface area (Å²) in [6.45, 7) is 4.88. The Morgan fingerprint density at radius 1 is 0.833 bits per heavy atom. The van der Waals surface area contributed by atoms with Crippen molar-refractivity contribution in [2.24, 2.45) is 34.5 Å². The third-order valence-corrected chi connectivity index (χ3v) is 11.5. The van der Waals surface area contributed by atoms with Crippen molar-refractivity contribution in [2.45, 2.75) is 77.3 Å². The minimum atomic E-state index is -0.0518. The number of amides is 2. The summed E-state index contributed by atoms with van der Waals surface area (Å²) in [5.41, 5.74) is 5.24. The van der Waals surface area contributed by atoms with E-state index in [1.54, 1.807) is 0 Å². The second kappa shape index (κ2) is 7.94. The Balaban J connectivity index is 1.14. The van der Waals surface area contributed by atoms with E-state index in [0.29, 0.717) is 30.2 Å². The second-order valence-electron chi connectivity index (χ2n) is 12.9. The van der Waals surface area contributed by atoms with Crippen molar-refractivity contribution in [2.75, 3.05) is 0 Å². The van der Waals surface area contributed by atoms with Gasteiger partial charge in [0, 0.05) is 18.4 Å². The Labute approximate surface area is 214 Å². The average molecular weight is 483 g/mol. The number of benzene rings is 2. The summed E-state index contributed by atoms with van der Waals surface area (Å²) in [7, 11) is 0. The molecule has 4 nitrogen and oxygen atoms in total. The summed E-state index contributed by atoms with van der Waals surface area (Å²) in [5.74, 6) is 2.55. The van der Waals surface area contributed by atoms with E-state index in [9.17, 15) is 9.59 Å². The SMILES string of the molecule is C[C@]12CCC(=O)N[C@@H]1CC[C@@H]1[C@@H]2CC[C@]2(C)[C@@H](C(=O)NC3c4ccccc4-c4ccccc43)CC[C@@H]12. The smallest absolute Gasteiger partial charge is 0.224 e. The van der Waals surface area contributed by atoms with Gasteiger partial charge < -0.3 is 10.6 Å². The second-order valence-corrected chi connectivity index (χ2v) is 12.9. The number of hydrogen-bond acceptors (Lipinski definition) is 2. The van der Waals surface area contributed by atoms with Gasteiger partial charge >= 0.3 is 0 Å². The third-order valence-electron chi connectivity index (χ3n) is 11.5. The van der Waals surface area contributed by atoms with Crippen molar-refractivity contribution >= 4 is 11.8 Å². The number of hydrogen-bond donors (Lipinski definition) is 2. The van der Waals surface area contributed by atoms with E-state index in [1.807, 2.05) is 0 Å². The lowest BCUT2D eigenvalue weighted by Crippen LogP contribution is -2.61. The quantitative estimate of drug-likeness (QED) is 0.551. The van der Waals surface area contributed by atoms with Crippen LogP contribution in [-0.4, -0.2) is 17.9 Å². The summed E-state index contributed by atoms with van der Waals surface area (Å²) in [6.07, 6.45) is 8.49. The van der Waals surface area contributed by atoms with E-state index in [-0.39, 0.29) is 34.6 Å². The summed E-state index contributed by atoms with van der Waals surface area (Å²) in [5, 5.41) is 6.88. The molecule has 1 aliphatic heterocycles. The summed E-state index contributed by atoms with van der Waals surface area (Å²) >= 11 is 0. The van der Waals surface area contributed by atoms with E-state index in [2.05, 4.69) is 73.0 Å². The fraction of sp³-hybridized carbons (Fsp3) is 0.562. The van der Waals surface area contributed by atoms with Gasteiger partial charge in [0.2, 0.25) is 11.8 Å². The maximum atomic E-state index is 14.0. The minimum Gasteiger partial charge on any atom is -0.353 e. The molecule has 0 radical (unpaired) electrons. The zero-order chi connectivity index (χ0) is 24.7. The van der Waals surface area contributed by atoms with Crippen molar-refractivity contribution in [3.05, 3.63) is 59.7 Å². The van der Waals surface area contributed by atoms with Crippen LogP contribution >= 0.6 is 0 Å². The summed E-state index contributed by atoms with van der Waals surface area (Å²) in [4.78, 5) is 26.1. The number of carbonyl (C=O) groups excluding carboxylic acids is 2. The lowest BCUT2D eigenvalue weighted by Gasteiger charge is -2.60. The maximum absolute atomic E-state index is 14.0. The van der Waals surface area contributed by atoms with Crippen LogP contribution in [-0.2, 0) is 9.59 Å². The molecule has 0 unspecified atom stereocenters. The molecule has 2 amide bonds. The molecule has 188 valence electrons. The third kappa shape index (κ3) is 3.05. The van der Waals surface area contributed by atoms with Gasteiger partial charge in [-0.2, -0.15) is 0 Å². The maximum Gasteiger partial charge on any atom is 0.224 e. The molecule has 2 N–H and O–H groups in total. The van der Waals surface area contributed by atoms with Gasteiger partial charge in [0.1, 0.15) is 0 Å². The molecule has 0 spiro atoms. The summed E-state index contributed by atoms with van der Waals surface area (Å²) < 4.78 is 0. The Morgan fingerprint density at radius 3 is 2.22 bits per heavy atom. The van der Waals surface area contributed by atoms with Crippen molar-refractivity contribution < 1.29 is 9.59 Å². The van der Waals surface area contributed by atoms with Crippen LogP contribution in [0.1, 0.15) is 82.4 Å². The van der Waals surface area contributed by atoms with E-state index in [0.717, 1.165) is 25.7 Å². The molecular weight excluding hydrogens is 444 g/mol. The molecule has 0 bridgehead atoms. The van der Waals surface area contributed by atoms with Crippen LogP contribution in [0.15, 0.2) is 48.5 Å². The number of nitrogens with one attached hydrogen (secondary N) is 2. The summed E-state index contributed by atoms with van der Waals surface area (Å²) in [6, 6.07) is 17.3. The largest absolute Gasteiger partial charge is 0.353 e. The van der Waals surface area contributed by atoms with Gasteiger partial charge in [-0.3, -0.25) is 9.59 Å². The fourth-order valence-electron chi connectivity index (χ4n) is 9.69. The first-order chi connectivity index (χ1) is 17.4. The Bertz CT molecular complexity index is 1190. The van der Waals surface area contributed by atoms with Gasteiger partial charge in [0.05, 0.1) is 6.04 Å². The van der Waals surface area contributed by atoms with Gasteiger partial charge in [0.25, 0.3) is 0 Å². The zero-order valence-electron chi connectivity index (χ0n) is 21.6. The molecular formula is C32H38N2O2. The van der Waals surface area contributed by atoms with E-state index < -0.39 is 0 Å². The molecule has 36 heavy (non-hydrogen) atoms. The molecule has 1 saturated heterocycles. The molecule has 5 aliphatic rings. The number of piperidine rings is 1. The van der Waals surface area contributed by atoms with E-state index in [1.165, 1.54) is 41.5 Å². The van der Waals surface area contributed by atoms with Crippen LogP contribution in [0.5, 0.6) is 0 Å². The molecule has 1 heterocycles. The number of rotatable bonds is 2. The lowest BCUT2D eigenvalue weighted by molar-refractivity contribution is -0.141. The van der Waals surface area contributed by atoms with Crippen molar-refractivity contribution in [3.63, 3.8) is 0 Å². The standard InChI is InChI=1S/C32H38N2O2/c1-31-17-15-25-23(11-14-27-32(25,2)18-16-28(35)33-27)24(31)12-13-26(31)30(36)34-29-21-9-5-3-7-19(21)20-8-4-6-10-22(20)29/h3-10,23-27,29H,11-18H2,1-2H3,(H,33,35)(H,34,36)/t23-,24-,25-,26+,27+,31-,32+/m0/s1. The molecule has 4 heteroatoms. The molecule has 4 fully saturated rings. The topological polar surface area (TPSA) is 58.2 Å². The molecule has 0 aromatic heterocycles. The fourth-order valence-corrected chi connectivity index (χ4v) is 9.69. The highest BCUT2D eigenvalue weighted by Crippen LogP contribution is 2.65. The van der Waals surface area contributed by atoms with Crippen molar-refractivity contribution in [1.82, 2.24) is 10.6 Å². The average Bonchev–Trinajstić information content (AvgIpc) is 3.40. The Morgan fingerprint density at radius 2 is 1.50 bits per heavy atom. The van der Waals surface area contributed by atoms with Crippen LogP contribution in [0.3, 0.4) is 0 Å².